The first-order chi connectivity index (χ1) is 11.3. The maximum Gasteiger partial charge on any atom is 0.246 e. The van der Waals surface area contributed by atoms with Crippen LogP contribution in [0.3, 0.4) is 0 Å². The van der Waals surface area contributed by atoms with Crippen molar-refractivity contribution >= 4 is 17.3 Å². The molecule has 1 fully saturated rings. The van der Waals surface area contributed by atoms with Crippen LogP contribution in [0.5, 0.6) is 0 Å². The number of amides is 1. The Labute approximate surface area is 138 Å². The van der Waals surface area contributed by atoms with E-state index >= 15 is 0 Å². The summed E-state index contributed by atoms with van der Waals surface area (Å²) in [7, 11) is 0. The van der Waals surface area contributed by atoms with Crippen LogP contribution in [0.2, 0.25) is 0 Å². The average molecular weight is 313 g/mol. The third-order valence-electron chi connectivity index (χ3n) is 5.57. The van der Waals surface area contributed by atoms with Crippen molar-refractivity contribution in [1.29, 1.82) is 0 Å². The molecule has 3 aliphatic rings. The van der Waals surface area contributed by atoms with Crippen molar-refractivity contribution in [1.82, 2.24) is 4.90 Å². The highest BCUT2D eigenvalue weighted by molar-refractivity contribution is 6.02. The molecule has 0 spiro atoms. The summed E-state index contributed by atoms with van der Waals surface area (Å²) < 4.78 is 0. The Bertz CT molecular complexity index is 593. The highest BCUT2D eigenvalue weighted by Crippen LogP contribution is 2.35. The van der Waals surface area contributed by atoms with E-state index in [9.17, 15) is 4.79 Å². The van der Waals surface area contributed by atoms with Crippen LogP contribution in [0.1, 0.15) is 43.2 Å². The standard InChI is InChI=1S/C19H27N3O/c23-19-14-20-17-12-15-6-2-3-7-16(15)13-18(17)22(19)11-10-21-8-4-1-5-9-21/h12-13,20H,1-11,14H2. The topological polar surface area (TPSA) is 35.6 Å². The summed E-state index contributed by atoms with van der Waals surface area (Å²) in [6.45, 7) is 4.65. The van der Waals surface area contributed by atoms with Crippen LogP contribution < -0.4 is 10.2 Å². The normalized spacial score (nSPS) is 21.6. The van der Waals surface area contributed by atoms with Gasteiger partial charge in [-0.25, -0.2) is 0 Å². The van der Waals surface area contributed by atoms with E-state index in [1.165, 1.54) is 62.7 Å². The lowest BCUT2D eigenvalue weighted by molar-refractivity contribution is -0.117. The van der Waals surface area contributed by atoms with Crippen LogP contribution in [-0.4, -0.2) is 43.5 Å². The molecule has 0 unspecified atom stereocenters. The van der Waals surface area contributed by atoms with Gasteiger partial charge in [-0.15, -0.1) is 0 Å². The molecule has 1 aliphatic carbocycles. The van der Waals surface area contributed by atoms with E-state index in [0.717, 1.165) is 30.9 Å². The van der Waals surface area contributed by atoms with Crippen molar-refractivity contribution in [2.75, 3.05) is 42.9 Å². The van der Waals surface area contributed by atoms with Crippen molar-refractivity contribution in [3.05, 3.63) is 23.3 Å². The maximum absolute atomic E-state index is 12.4. The van der Waals surface area contributed by atoms with E-state index in [2.05, 4.69) is 22.3 Å². The van der Waals surface area contributed by atoms with Gasteiger partial charge in [-0.3, -0.25) is 4.79 Å². The predicted molar refractivity (Wildman–Crippen MR) is 94.2 cm³/mol. The Balaban J connectivity index is 1.54. The van der Waals surface area contributed by atoms with Gasteiger partial charge in [0.25, 0.3) is 0 Å². The molecular weight excluding hydrogens is 286 g/mol. The molecule has 1 aromatic rings. The van der Waals surface area contributed by atoms with E-state index in [-0.39, 0.29) is 5.91 Å². The molecule has 2 aliphatic heterocycles. The van der Waals surface area contributed by atoms with Gasteiger partial charge < -0.3 is 15.1 Å². The number of likely N-dealkylation sites (tertiary alicyclic amines) is 1. The smallest absolute Gasteiger partial charge is 0.246 e. The molecule has 1 aromatic carbocycles. The fourth-order valence-electron chi connectivity index (χ4n) is 4.21. The Hall–Kier alpha value is -1.55. The van der Waals surface area contributed by atoms with Crippen LogP contribution >= 0.6 is 0 Å². The molecule has 0 aromatic heterocycles. The highest BCUT2D eigenvalue weighted by Gasteiger charge is 2.26. The summed E-state index contributed by atoms with van der Waals surface area (Å²) in [5.74, 6) is 0.213. The van der Waals surface area contributed by atoms with Crippen LogP contribution in [0.4, 0.5) is 11.4 Å². The second-order valence-corrected chi connectivity index (χ2v) is 7.15. The number of benzene rings is 1. The van der Waals surface area contributed by atoms with E-state index in [1.807, 2.05) is 4.90 Å². The van der Waals surface area contributed by atoms with Crippen molar-refractivity contribution in [3.8, 4) is 0 Å². The number of piperidine rings is 1. The zero-order chi connectivity index (χ0) is 15.6. The zero-order valence-electron chi connectivity index (χ0n) is 13.9. The fraction of sp³-hybridized carbons (Fsp3) is 0.632. The number of aryl methyl sites for hydroxylation is 2. The lowest BCUT2D eigenvalue weighted by Crippen LogP contribution is -2.45. The van der Waals surface area contributed by atoms with Crippen LogP contribution in [0, 0.1) is 0 Å². The Kier molecular flexibility index (Phi) is 4.25. The number of hydrogen-bond acceptors (Lipinski definition) is 3. The number of carbonyl (C=O) groups is 1. The molecule has 1 saturated heterocycles. The van der Waals surface area contributed by atoms with Gasteiger partial charge in [0.15, 0.2) is 0 Å². The number of rotatable bonds is 3. The molecular formula is C19H27N3O. The number of anilines is 2. The van der Waals surface area contributed by atoms with Crippen LogP contribution in [0.25, 0.3) is 0 Å². The summed E-state index contributed by atoms with van der Waals surface area (Å²) in [5.41, 5.74) is 5.20. The molecule has 0 atom stereocenters. The number of hydrogen-bond donors (Lipinski definition) is 1. The fourth-order valence-corrected chi connectivity index (χ4v) is 4.21. The van der Waals surface area contributed by atoms with Gasteiger partial charge in [-0.2, -0.15) is 0 Å². The van der Waals surface area contributed by atoms with Gasteiger partial charge in [0.05, 0.1) is 17.9 Å². The Morgan fingerprint density at radius 2 is 1.65 bits per heavy atom. The van der Waals surface area contributed by atoms with Gasteiger partial charge >= 0.3 is 0 Å². The molecule has 23 heavy (non-hydrogen) atoms. The number of carbonyl (C=O) groups excluding carboxylic acids is 1. The first kappa shape index (κ1) is 15.0. The highest BCUT2D eigenvalue weighted by atomic mass is 16.2. The summed E-state index contributed by atoms with van der Waals surface area (Å²) in [6, 6.07) is 4.58. The molecule has 0 saturated carbocycles. The number of nitrogens with one attached hydrogen (secondary N) is 1. The van der Waals surface area contributed by atoms with Crippen molar-refractivity contribution in [2.24, 2.45) is 0 Å². The third-order valence-corrected chi connectivity index (χ3v) is 5.57. The molecule has 4 nitrogen and oxygen atoms in total. The molecule has 124 valence electrons. The minimum Gasteiger partial charge on any atom is -0.374 e. The molecule has 0 radical (unpaired) electrons. The Morgan fingerprint density at radius 1 is 0.913 bits per heavy atom. The molecule has 4 rings (SSSR count). The molecule has 4 heteroatoms. The minimum absolute atomic E-state index is 0.213. The second kappa shape index (κ2) is 6.52. The average Bonchev–Trinajstić information content (AvgIpc) is 2.60. The predicted octanol–water partition coefficient (Wildman–Crippen LogP) is 2.81. The SMILES string of the molecule is O=C1CNc2cc3c(cc2N1CCN1CCCCC1)CCCC3. The third kappa shape index (κ3) is 3.09. The maximum atomic E-state index is 12.4. The lowest BCUT2D eigenvalue weighted by atomic mass is 9.90. The van der Waals surface area contributed by atoms with E-state index < -0.39 is 0 Å². The first-order valence-corrected chi connectivity index (χ1v) is 9.24. The van der Waals surface area contributed by atoms with Gasteiger partial charge in [0, 0.05) is 13.1 Å². The zero-order valence-corrected chi connectivity index (χ0v) is 13.9. The molecule has 1 amide bonds. The molecule has 2 heterocycles. The summed E-state index contributed by atoms with van der Waals surface area (Å²) in [5, 5.41) is 3.33. The van der Waals surface area contributed by atoms with Crippen LogP contribution in [-0.2, 0) is 17.6 Å². The van der Waals surface area contributed by atoms with E-state index in [1.54, 1.807) is 0 Å². The molecule has 0 bridgehead atoms. The quantitative estimate of drug-likeness (QED) is 0.932. The van der Waals surface area contributed by atoms with Crippen molar-refractivity contribution in [2.45, 2.75) is 44.9 Å². The lowest BCUT2D eigenvalue weighted by Gasteiger charge is -2.34. The largest absolute Gasteiger partial charge is 0.374 e. The number of nitrogens with zero attached hydrogens (tertiary/aromatic N) is 2. The number of fused-ring (bicyclic) bond motifs is 2. The van der Waals surface area contributed by atoms with Gasteiger partial charge in [-0.1, -0.05) is 6.42 Å². The van der Waals surface area contributed by atoms with Gasteiger partial charge in [0.1, 0.15) is 0 Å². The van der Waals surface area contributed by atoms with E-state index in [4.69, 9.17) is 0 Å². The second-order valence-electron chi connectivity index (χ2n) is 7.15. The monoisotopic (exact) mass is 313 g/mol. The molecule has 1 N–H and O–H groups in total. The minimum atomic E-state index is 0.213. The first-order valence-electron chi connectivity index (χ1n) is 9.24. The summed E-state index contributed by atoms with van der Waals surface area (Å²) in [4.78, 5) is 17.0. The summed E-state index contributed by atoms with van der Waals surface area (Å²) in [6.07, 6.45) is 8.89. The van der Waals surface area contributed by atoms with Gasteiger partial charge in [-0.05, 0) is 74.9 Å². The van der Waals surface area contributed by atoms with Gasteiger partial charge in [0.2, 0.25) is 5.91 Å². The summed E-state index contributed by atoms with van der Waals surface area (Å²) >= 11 is 0. The van der Waals surface area contributed by atoms with Crippen molar-refractivity contribution < 1.29 is 4.79 Å². The van der Waals surface area contributed by atoms with Crippen LogP contribution in [0.15, 0.2) is 12.1 Å². The Morgan fingerprint density at radius 3 is 2.43 bits per heavy atom. The van der Waals surface area contributed by atoms with E-state index in [0.29, 0.717) is 6.54 Å². The van der Waals surface area contributed by atoms with Crippen molar-refractivity contribution in [3.63, 3.8) is 0 Å².